The molecule has 0 saturated heterocycles. The van der Waals surface area contributed by atoms with E-state index in [0.717, 1.165) is 17.4 Å². The molecular weight excluding hydrogens is 254 g/mol. The molecule has 0 aromatic heterocycles. The van der Waals surface area contributed by atoms with Crippen molar-refractivity contribution in [2.45, 2.75) is 46.3 Å². The van der Waals surface area contributed by atoms with E-state index in [9.17, 15) is 9.59 Å². The van der Waals surface area contributed by atoms with Crippen molar-refractivity contribution in [3.05, 3.63) is 35.4 Å². The number of alkyl carbamates (subject to hydrolysis) is 1. The molecule has 1 N–H and O–H groups in total. The number of aldehydes is 1. The summed E-state index contributed by atoms with van der Waals surface area (Å²) in [6.45, 7) is 9.17. The van der Waals surface area contributed by atoms with Crippen LogP contribution in [0.1, 0.15) is 44.9 Å². The zero-order chi connectivity index (χ0) is 15.3. The maximum atomic E-state index is 11.9. The van der Waals surface area contributed by atoms with Crippen molar-refractivity contribution < 1.29 is 14.3 Å². The predicted octanol–water partition coefficient (Wildman–Crippen LogP) is 3.40. The van der Waals surface area contributed by atoms with Gasteiger partial charge in [0.25, 0.3) is 0 Å². The van der Waals surface area contributed by atoms with Crippen LogP contribution in [-0.2, 0) is 9.53 Å². The third-order valence-electron chi connectivity index (χ3n) is 2.85. The van der Waals surface area contributed by atoms with Crippen LogP contribution in [0.3, 0.4) is 0 Å². The first kappa shape index (κ1) is 16.2. The molecule has 0 radical (unpaired) electrons. The summed E-state index contributed by atoms with van der Waals surface area (Å²) in [7, 11) is 0. The number of carbonyl (C=O) groups is 2. The van der Waals surface area contributed by atoms with E-state index in [4.69, 9.17) is 4.74 Å². The highest BCUT2D eigenvalue weighted by molar-refractivity contribution is 5.69. The average Bonchev–Trinajstić information content (AvgIpc) is 2.34. The molecule has 2 atom stereocenters. The molecule has 4 nitrogen and oxygen atoms in total. The van der Waals surface area contributed by atoms with E-state index in [1.807, 2.05) is 31.2 Å². The zero-order valence-electron chi connectivity index (χ0n) is 12.8. The fourth-order valence-corrected chi connectivity index (χ4v) is 1.81. The molecule has 1 aromatic rings. The number of nitrogens with one attached hydrogen (secondary N) is 1. The summed E-state index contributed by atoms with van der Waals surface area (Å²) in [5, 5.41) is 2.77. The minimum Gasteiger partial charge on any atom is -0.444 e. The highest BCUT2D eigenvalue weighted by Gasteiger charge is 2.24. The molecule has 0 bridgehead atoms. The van der Waals surface area contributed by atoms with Crippen LogP contribution >= 0.6 is 0 Å². The molecule has 4 heteroatoms. The SMILES string of the molecule is Cc1ccc([C@@H](NC(=O)OC(C)(C)C)[C@H](C)C=O)cc1. The fourth-order valence-electron chi connectivity index (χ4n) is 1.81. The van der Waals surface area contributed by atoms with Gasteiger partial charge in [-0.15, -0.1) is 0 Å². The Morgan fingerprint density at radius 1 is 1.25 bits per heavy atom. The summed E-state index contributed by atoms with van der Waals surface area (Å²) in [6.07, 6.45) is 0.318. The largest absolute Gasteiger partial charge is 0.444 e. The molecule has 0 aliphatic rings. The second-order valence-corrected chi connectivity index (χ2v) is 6.03. The lowest BCUT2D eigenvalue weighted by Crippen LogP contribution is -2.37. The Kier molecular flexibility index (Phi) is 5.31. The highest BCUT2D eigenvalue weighted by atomic mass is 16.6. The fraction of sp³-hybridized carbons (Fsp3) is 0.500. The number of carbonyl (C=O) groups excluding carboxylic acids is 2. The molecular formula is C16H23NO3. The van der Waals surface area contributed by atoms with Gasteiger partial charge in [-0.25, -0.2) is 4.79 Å². The third kappa shape index (κ3) is 5.03. The topological polar surface area (TPSA) is 55.4 Å². The van der Waals surface area contributed by atoms with E-state index < -0.39 is 11.7 Å². The van der Waals surface area contributed by atoms with Gasteiger partial charge in [-0.3, -0.25) is 0 Å². The Balaban J connectivity index is 2.88. The van der Waals surface area contributed by atoms with Crippen LogP contribution in [-0.4, -0.2) is 18.0 Å². The van der Waals surface area contributed by atoms with Gasteiger partial charge in [0.2, 0.25) is 0 Å². The normalized spacial score (nSPS) is 14.2. The van der Waals surface area contributed by atoms with Crippen LogP contribution < -0.4 is 5.32 Å². The van der Waals surface area contributed by atoms with Gasteiger partial charge in [-0.2, -0.15) is 0 Å². The van der Waals surface area contributed by atoms with Crippen LogP contribution in [0.4, 0.5) is 4.79 Å². The van der Waals surface area contributed by atoms with E-state index in [-0.39, 0.29) is 12.0 Å². The number of rotatable bonds is 4. The van der Waals surface area contributed by atoms with E-state index >= 15 is 0 Å². The van der Waals surface area contributed by atoms with Crippen molar-refractivity contribution in [1.29, 1.82) is 0 Å². The molecule has 1 rings (SSSR count). The van der Waals surface area contributed by atoms with Gasteiger partial charge < -0.3 is 14.8 Å². The number of ether oxygens (including phenoxy) is 1. The van der Waals surface area contributed by atoms with Gasteiger partial charge in [-0.1, -0.05) is 36.8 Å². The Morgan fingerprint density at radius 3 is 2.25 bits per heavy atom. The Labute approximate surface area is 120 Å². The Morgan fingerprint density at radius 2 is 1.80 bits per heavy atom. The van der Waals surface area contributed by atoms with Gasteiger partial charge in [0.15, 0.2) is 0 Å². The molecule has 110 valence electrons. The van der Waals surface area contributed by atoms with Gasteiger partial charge in [-0.05, 0) is 33.3 Å². The molecule has 1 amide bonds. The van der Waals surface area contributed by atoms with E-state index in [0.29, 0.717) is 0 Å². The average molecular weight is 277 g/mol. The van der Waals surface area contributed by atoms with Gasteiger partial charge in [0.1, 0.15) is 11.9 Å². The first-order valence-electron chi connectivity index (χ1n) is 6.74. The number of hydrogen-bond acceptors (Lipinski definition) is 3. The molecule has 0 heterocycles. The van der Waals surface area contributed by atoms with Crippen molar-refractivity contribution in [2.75, 3.05) is 0 Å². The van der Waals surface area contributed by atoms with Crippen molar-refractivity contribution in [3.8, 4) is 0 Å². The molecule has 0 unspecified atom stereocenters. The molecule has 0 aliphatic heterocycles. The quantitative estimate of drug-likeness (QED) is 0.858. The van der Waals surface area contributed by atoms with Crippen LogP contribution in [0.15, 0.2) is 24.3 Å². The second-order valence-electron chi connectivity index (χ2n) is 6.03. The molecule has 0 fully saturated rings. The van der Waals surface area contributed by atoms with E-state index in [1.54, 1.807) is 27.7 Å². The smallest absolute Gasteiger partial charge is 0.408 e. The van der Waals surface area contributed by atoms with Gasteiger partial charge >= 0.3 is 6.09 Å². The molecule has 0 saturated carbocycles. The van der Waals surface area contributed by atoms with Crippen molar-refractivity contribution in [3.63, 3.8) is 0 Å². The van der Waals surface area contributed by atoms with E-state index in [2.05, 4.69) is 5.32 Å². The Bertz CT molecular complexity index is 460. The maximum Gasteiger partial charge on any atom is 0.408 e. The highest BCUT2D eigenvalue weighted by Crippen LogP contribution is 2.22. The monoisotopic (exact) mass is 277 g/mol. The van der Waals surface area contributed by atoms with Crippen LogP contribution in [0.5, 0.6) is 0 Å². The minimum atomic E-state index is -0.563. The number of amides is 1. The second kappa shape index (κ2) is 6.55. The van der Waals surface area contributed by atoms with Crippen LogP contribution in [0.25, 0.3) is 0 Å². The minimum absolute atomic E-state index is 0.328. The number of hydrogen-bond donors (Lipinski definition) is 1. The number of aryl methyl sites for hydroxylation is 1. The van der Waals surface area contributed by atoms with Crippen molar-refractivity contribution >= 4 is 12.4 Å². The molecule has 0 spiro atoms. The van der Waals surface area contributed by atoms with E-state index in [1.165, 1.54) is 0 Å². The third-order valence-corrected chi connectivity index (χ3v) is 2.85. The van der Waals surface area contributed by atoms with Crippen molar-refractivity contribution in [2.24, 2.45) is 5.92 Å². The summed E-state index contributed by atoms with van der Waals surface area (Å²) in [6, 6.07) is 7.35. The first-order valence-corrected chi connectivity index (χ1v) is 6.74. The van der Waals surface area contributed by atoms with Crippen LogP contribution in [0.2, 0.25) is 0 Å². The number of benzene rings is 1. The summed E-state index contributed by atoms with van der Waals surface area (Å²) in [4.78, 5) is 22.9. The van der Waals surface area contributed by atoms with Crippen molar-refractivity contribution in [1.82, 2.24) is 5.32 Å². The molecule has 20 heavy (non-hydrogen) atoms. The van der Waals surface area contributed by atoms with Crippen LogP contribution in [0, 0.1) is 12.8 Å². The predicted molar refractivity (Wildman–Crippen MR) is 78.5 cm³/mol. The Hall–Kier alpha value is -1.84. The zero-order valence-corrected chi connectivity index (χ0v) is 12.8. The molecule has 0 aliphatic carbocycles. The summed E-state index contributed by atoms with van der Waals surface area (Å²) in [5.74, 6) is -0.328. The lowest BCUT2D eigenvalue weighted by molar-refractivity contribution is -0.111. The lowest BCUT2D eigenvalue weighted by Gasteiger charge is -2.25. The summed E-state index contributed by atoms with van der Waals surface area (Å²) >= 11 is 0. The molecule has 1 aromatic carbocycles. The van der Waals surface area contributed by atoms with Gasteiger partial charge in [0, 0.05) is 5.92 Å². The van der Waals surface area contributed by atoms with Gasteiger partial charge in [0.05, 0.1) is 6.04 Å². The summed E-state index contributed by atoms with van der Waals surface area (Å²) < 4.78 is 5.24. The maximum absolute atomic E-state index is 11.9. The first-order chi connectivity index (χ1) is 9.23. The lowest BCUT2D eigenvalue weighted by atomic mass is 9.95. The standard InChI is InChI=1S/C16H23NO3/c1-11-6-8-13(9-7-11)14(12(2)10-18)17-15(19)20-16(3,4)5/h6-10,12,14H,1-5H3,(H,17,19)/t12-,14+/m1/s1. The summed E-state index contributed by atoms with van der Waals surface area (Å²) in [5.41, 5.74) is 1.45.